The molecule has 0 spiro atoms. The van der Waals surface area contributed by atoms with Crippen LogP contribution in [0.15, 0.2) is 0 Å². The summed E-state index contributed by atoms with van der Waals surface area (Å²) in [5, 5.41) is 9.15. The third kappa shape index (κ3) is 4.18. The predicted molar refractivity (Wildman–Crippen MR) is 57.6 cm³/mol. The van der Waals surface area contributed by atoms with Crippen molar-refractivity contribution in [3.05, 3.63) is 0 Å². The van der Waals surface area contributed by atoms with Gasteiger partial charge in [-0.3, -0.25) is 4.79 Å². The molecule has 0 aromatic carbocycles. The van der Waals surface area contributed by atoms with E-state index in [-0.39, 0.29) is 5.92 Å². The lowest BCUT2D eigenvalue weighted by Crippen LogP contribution is -2.29. The third-order valence-electron chi connectivity index (χ3n) is 3.12. The summed E-state index contributed by atoms with van der Waals surface area (Å²) in [4.78, 5) is 11.1. The molecule has 0 aromatic rings. The lowest BCUT2D eigenvalue weighted by atomic mass is 9.83. The van der Waals surface area contributed by atoms with Gasteiger partial charge in [0.1, 0.15) is 0 Å². The minimum atomic E-state index is -0.654. The van der Waals surface area contributed by atoms with Crippen molar-refractivity contribution in [1.29, 1.82) is 0 Å². The topological polar surface area (TPSA) is 72.6 Å². The molecule has 0 amide bonds. The molecule has 1 unspecified atom stereocenters. The maximum atomic E-state index is 11.1. The molecule has 3 N–H and O–H groups in total. The number of rotatable bonds is 6. The predicted octanol–water partition coefficient (Wildman–Crippen LogP) is 1.24. The van der Waals surface area contributed by atoms with Crippen LogP contribution in [0.4, 0.5) is 0 Å². The van der Waals surface area contributed by atoms with Gasteiger partial charge in [0, 0.05) is 13.2 Å². The minimum Gasteiger partial charge on any atom is -0.481 e. The average Bonchev–Trinajstić information content (AvgIpc) is 2.25. The molecule has 1 saturated heterocycles. The van der Waals surface area contributed by atoms with E-state index in [2.05, 4.69) is 0 Å². The number of hydrogen-bond donors (Lipinski definition) is 2. The maximum Gasteiger partial charge on any atom is 0.306 e. The van der Waals surface area contributed by atoms with Crippen LogP contribution in [0.2, 0.25) is 0 Å². The van der Waals surface area contributed by atoms with Crippen LogP contribution in [0.5, 0.6) is 0 Å². The normalized spacial score (nSPS) is 20.1. The van der Waals surface area contributed by atoms with Crippen LogP contribution >= 0.6 is 0 Å². The zero-order valence-corrected chi connectivity index (χ0v) is 9.15. The molecule has 1 atom stereocenters. The highest BCUT2D eigenvalue weighted by atomic mass is 16.5. The Labute approximate surface area is 90.8 Å². The van der Waals surface area contributed by atoms with E-state index in [1.807, 2.05) is 0 Å². The monoisotopic (exact) mass is 215 g/mol. The molecule has 0 bridgehead atoms. The lowest BCUT2D eigenvalue weighted by molar-refractivity contribution is -0.145. The zero-order chi connectivity index (χ0) is 11.1. The van der Waals surface area contributed by atoms with Gasteiger partial charge >= 0.3 is 5.97 Å². The number of carboxylic acid groups (broad SMARTS) is 1. The Balaban J connectivity index is 2.37. The largest absolute Gasteiger partial charge is 0.481 e. The molecule has 1 rings (SSSR count). The van der Waals surface area contributed by atoms with Crippen molar-refractivity contribution in [3.8, 4) is 0 Å². The van der Waals surface area contributed by atoms with Crippen molar-refractivity contribution in [3.63, 3.8) is 0 Å². The summed E-state index contributed by atoms with van der Waals surface area (Å²) >= 11 is 0. The summed E-state index contributed by atoms with van der Waals surface area (Å²) in [5.74, 6) is -0.548. The number of hydrogen-bond acceptors (Lipinski definition) is 3. The van der Waals surface area contributed by atoms with E-state index >= 15 is 0 Å². The fourth-order valence-electron chi connectivity index (χ4n) is 2.19. The van der Waals surface area contributed by atoms with E-state index in [9.17, 15) is 4.79 Å². The summed E-state index contributed by atoms with van der Waals surface area (Å²) in [6, 6.07) is 0. The Bertz CT molecular complexity index is 190. The number of ether oxygens (including phenoxy) is 1. The molecule has 1 aliphatic heterocycles. The second kappa shape index (κ2) is 6.80. The highest BCUT2D eigenvalue weighted by Gasteiger charge is 2.28. The van der Waals surface area contributed by atoms with E-state index < -0.39 is 5.97 Å². The quantitative estimate of drug-likeness (QED) is 0.654. The van der Waals surface area contributed by atoms with Gasteiger partial charge < -0.3 is 15.6 Å². The van der Waals surface area contributed by atoms with Gasteiger partial charge in [0.2, 0.25) is 0 Å². The molecule has 1 aliphatic rings. The number of carbonyl (C=O) groups is 1. The molecular formula is C11H21NO3. The maximum absolute atomic E-state index is 11.1. The van der Waals surface area contributed by atoms with Crippen molar-refractivity contribution in [2.75, 3.05) is 19.8 Å². The van der Waals surface area contributed by atoms with Crippen molar-refractivity contribution >= 4 is 5.97 Å². The smallest absolute Gasteiger partial charge is 0.306 e. The Morgan fingerprint density at radius 3 is 2.60 bits per heavy atom. The molecular weight excluding hydrogens is 194 g/mol. The number of unbranched alkanes of at least 4 members (excludes halogenated alkanes) is 1. The van der Waals surface area contributed by atoms with Crippen molar-refractivity contribution < 1.29 is 14.6 Å². The summed E-state index contributed by atoms with van der Waals surface area (Å²) in [6.45, 7) is 2.08. The minimum absolute atomic E-state index is 0.194. The third-order valence-corrected chi connectivity index (χ3v) is 3.12. The van der Waals surface area contributed by atoms with E-state index in [1.165, 1.54) is 0 Å². The van der Waals surface area contributed by atoms with Gasteiger partial charge in [-0.15, -0.1) is 0 Å². The molecule has 0 aliphatic carbocycles. The number of carboxylic acids is 1. The lowest BCUT2D eigenvalue weighted by Gasteiger charge is -2.27. The Kier molecular flexibility index (Phi) is 5.65. The molecule has 4 heteroatoms. The van der Waals surface area contributed by atoms with Gasteiger partial charge in [-0.2, -0.15) is 0 Å². The van der Waals surface area contributed by atoms with Crippen molar-refractivity contribution in [1.82, 2.24) is 0 Å². The molecule has 0 saturated carbocycles. The van der Waals surface area contributed by atoms with Crippen LogP contribution in [0.3, 0.4) is 0 Å². The molecule has 0 aromatic heterocycles. The first-order valence-corrected chi connectivity index (χ1v) is 5.76. The van der Waals surface area contributed by atoms with Crippen LogP contribution in [-0.2, 0) is 9.53 Å². The van der Waals surface area contributed by atoms with E-state index in [0.717, 1.165) is 32.1 Å². The molecule has 4 nitrogen and oxygen atoms in total. The number of nitrogens with two attached hydrogens (primary N) is 1. The highest BCUT2D eigenvalue weighted by Crippen LogP contribution is 2.27. The first-order valence-electron chi connectivity index (χ1n) is 5.76. The van der Waals surface area contributed by atoms with Gasteiger partial charge in [0.15, 0.2) is 0 Å². The highest BCUT2D eigenvalue weighted by molar-refractivity contribution is 5.70. The summed E-state index contributed by atoms with van der Waals surface area (Å²) in [6.07, 6.45) is 4.38. The van der Waals surface area contributed by atoms with E-state index in [1.54, 1.807) is 0 Å². The number of aliphatic carboxylic acids is 1. The average molecular weight is 215 g/mol. The second-order valence-corrected chi connectivity index (χ2v) is 4.18. The molecule has 1 heterocycles. The second-order valence-electron chi connectivity index (χ2n) is 4.18. The fourth-order valence-corrected chi connectivity index (χ4v) is 2.19. The van der Waals surface area contributed by atoms with Gasteiger partial charge in [0.05, 0.1) is 5.92 Å². The first-order chi connectivity index (χ1) is 7.25. The van der Waals surface area contributed by atoms with Crippen LogP contribution in [0, 0.1) is 11.8 Å². The van der Waals surface area contributed by atoms with Gasteiger partial charge in [-0.05, 0) is 38.1 Å². The summed E-state index contributed by atoms with van der Waals surface area (Å²) < 4.78 is 5.24. The first kappa shape index (κ1) is 12.5. The fraction of sp³-hybridized carbons (Fsp3) is 0.909. The van der Waals surface area contributed by atoms with Gasteiger partial charge in [-0.1, -0.05) is 6.42 Å². The Hall–Kier alpha value is -0.610. The molecule has 88 valence electrons. The van der Waals surface area contributed by atoms with E-state index in [4.69, 9.17) is 15.6 Å². The zero-order valence-electron chi connectivity index (χ0n) is 9.15. The molecule has 1 fully saturated rings. The van der Waals surface area contributed by atoms with Gasteiger partial charge in [0.25, 0.3) is 0 Å². The molecule has 15 heavy (non-hydrogen) atoms. The Morgan fingerprint density at radius 2 is 2.07 bits per heavy atom. The Morgan fingerprint density at radius 1 is 1.40 bits per heavy atom. The van der Waals surface area contributed by atoms with Crippen LogP contribution in [0.25, 0.3) is 0 Å². The van der Waals surface area contributed by atoms with Gasteiger partial charge in [-0.25, -0.2) is 0 Å². The van der Waals surface area contributed by atoms with Crippen LogP contribution < -0.4 is 5.73 Å². The van der Waals surface area contributed by atoms with Crippen LogP contribution in [0.1, 0.15) is 32.1 Å². The standard InChI is InChI=1S/C11H21NO3/c12-6-2-1-3-10(11(13)14)9-4-7-15-8-5-9/h9-10H,1-8,12H2,(H,13,14). The van der Waals surface area contributed by atoms with E-state index in [0.29, 0.717) is 25.7 Å². The van der Waals surface area contributed by atoms with Crippen molar-refractivity contribution in [2.24, 2.45) is 17.6 Å². The SMILES string of the molecule is NCCCCC(C(=O)O)C1CCOCC1. The molecule has 0 radical (unpaired) electrons. The summed E-state index contributed by atoms with van der Waals surface area (Å²) in [5.41, 5.74) is 5.40. The van der Waals surface area contributed by atoms with Crippen molar-refractivity contribution in [2.45, 2.75) is 32.1 Å². The van der Waals surface area contributed by atoms with Crippen LogP contribution in [-0.4, -0.2) is 30.8 Å². The summed E-state index contributed by atoms with van der Waals surface area (Å²) in [7, 11) is 0.